The molecule has 3 heterocycles. The topological polar surface area (TPSA) is 69.4 Å². The zero-order valence-electron chi connectivity index (χ0n) is 17.7. The van der Waals surface area contributed by atoms with Gasteiger partial charge in [-0.05, 0) is 36.8 Å². The Hall–Kier alpha value is -2.25. The van der Waals surface area contributed by atoms with Crippen molar-refractivity contribution in [1.29, 1.82) is 0 Å². The van der Waals surface area contributed by atoms with Gasteiger partial charge < -0.3 is 4.74 Å². The number of hydrogen-bond donors (Lipinski definition) is 0. The summed E-state index contributed by atoms with van der Waals surface area (Å²) in [4.78, 5) is 28.0. The van der Waals surface area contributed by atoms with Gasteiger partial charge in [0.05, 0.1) is 12.6 Å². The van der Waals surface area contributed by atoms with E-state index in [1.165, 1.54) is 15.8 Å². The molecule has 160 valence electrons. The largest absolute Gasteiger partial charge is 0.364 e. The predicted molar refractivity (Wildman–Crippen MR) is 113 cm³/mol. The van der Waals surface area contributed by atoms with Crippen LogP contribution in [0.2, 0.25) is 0 Å². The van der Waals surface area contributed by atoms with E-state index in [2.05, 4.69) is 41.2 Å². The Labute approximate surface area is 176 Å². The van der Waals surface area contributed by atoms with Crippen molar-refractivity contribution in [3.8, 4) is 0 Å². The number of benzene rings is 1. The second-order valence-electron chi connectivity index (χ2n) is 9.10. The normalized spacial score (nSPS) is 24.6. The number of likely N-dealkylation sites (tertiary alicyclic amines) is 1. The molecule has 3 aliphatic rings. The van der Waals surface area contributed by atoms with Crippen LogP contribution in [0, 0.1) is 0 Å². The van der Waals surface area contributed by atoms with Gasteiger partial charge in [-0.25, -0.2) is 4.68 Å². The lowest BCUT2D eigenvalue weighted by Gasteiger charge is -2.35. The lowest BCUT2D eigenvalue weighted by Crippen LogP contribution is -2.53. The first-order valence-electron chi connectivity index (χ1n) is 11.2. The van der Waals surface area contributed by atoms with Gasteiger partial charge in [0, 0.05) is 19.6 Å². The molecule has 2 fully saturated rings. The zero-order valence-corrected chi connectivity index (χ0v) is 17.7. The van der Waals surface area contributed by atoms with Crippen LogP contribution in [0.15, 0.2) is 33.9 Å². The van der Waals surface area contributed by atoms with Gasteiger partial charge in [0.25, 0.3) is 0 Å². The first-order valence-corrected chi connectivity index (χ1v) is 11.2. The van der Waals surface area contributed by atoms with E-state index in [4.69, 9.17) is 4.74 Å². The minimum absolute atomic E-state index is 0.0630. The molecule has 1 aromatic carbocycles. The zero-order chi connectivity index (χ0) is 20.7. The fourth-order valence-corrected chi connectivity index (χ4v) is 5.22. The monoisotopic (exact) mass is 410 g/mol. The lowest BCUT2D eigenvalue weighted by atomic mass is 10.0. The fourth-order valence-electron chi connectivity index (χ4n) is 5.22. The first-order chi connectivity index (χ1) is 14.6. The van der Waals surface area contributed by atoms with Crippen molar-refractivity contribution in [2.75, 3.05) is 13.1 Å². The van der Waals surface area contributed by atoms with Crippen LogP contribution in [-0.4, -0.2) is 37.9 Å². The van der Waals surface area contributed by atoms with E-state index in [0.29, 0.717) is 19.0 Å². The van der Waals surface area contributed by atoms with Crippen molar-refractivity contribution in [2.24, 2.45) is 0 Å². The standard InChI is InChI=1S/C23H30N4O3/c1-2-17-7-9-18(10-8-17)13-25-12-11-23(15-25)16-26-20(14-30-23)24-27(22(29)21(26)28)19-5-3-4-6-19/h7-10,19H,2-6,11-16H2,1H3. The molecule has 7 heteroatoms. The maximum Gasteiger partial charge on any atom is 0.332 e. The van der Waals surface area contributed by atoms with Crippen LogP contribution in [0.4, 0.5) is 0 Å². The Morgan fingerprint density at radius 2 is 1.80 bits per heavy atom. The van der Waals surface area contributed by atoms with Crippen LogP contribution >= 0.6 is 0 Å². The number of ether oxygens (including phenoxy) is 1. The average molecular weight is 411 g/mol. The summed E-state index contributed by atoms with van der Waals surface area (Å²) in [6, 6.07) is 8.83. The van der Waals surface area contributed by atoms with Gasteiger partial charge >= 0.3 is 11.1 Å². The van der Waals surface area contributed by atoms with Gasteiger partial charge in [-0.15, -0.1) is 0 Å². The number of rotatable bonds is 4. The van der Waals surface area contributed by atoms with E-state index in [9.17, 15) is 9.59 Å². The number of hydrogen-bond acceptors (Lipinski definition) is 5. The van der Waals surface area contributed by atoms with E-state index >= 15 is 0 Å². The molecule has 5 rings (SSSR count). The molecule has 1 aliphatic carbocycles. The summed E-state index contributed by atoms with van der Waals surface area (Å²) in [5.41, 5.74) is 1.31. The third-order valence-electron chi connectivity index (χ3n) is 7.03. The van der Waals surface area contributed by atoms with E-state index in [1.54, 1.807) is 4.57 Å². The molecule has 1 unspecified atom stereocenters. The SMILES string of the molecule is CCc1ccc(CN2CCC3(C2)Cn2c(nn(C4CCCC4)c(=O)c2=O)CO3)cc1. The lowest BCUT2D eigenvalue weighted by molar-refractivity contribution is -0.0860. The number of fused-ring (bicyclic) bond motifs is 1. The molecule has 2 aromatic rings. The molecule has 2 aliphatic heterocycles. The van der Waals surface area contributed by atoms with Crippen LogP contribution in [0.1, 0.15) is 62.0 Å². The summed E-state index contributed by atoms with van der Waals surface area (Å²) >= 11 is 0. The molecule has 1 saturated heterocycles. The molecular weight excluding hydrogens is 380 g/mol. The summed E-state index contributed by atoms with van der Waals surface area (Å²) in [6.07, 6.45) is 5.94. The van der Waals surface area contributed by atoms with Crippen LogP contribution in [0.25, 0.3) is 0 Å². The predicted octanol–water partition coefficient (Wildman–Crippen LogP) is 2.26. The smallest absolute Gasteiger partial charge is 0.332 e. The third kappa shape index (κ3) is 3.54. The number of aryl methyl sites for hydroxylation is 1. The van der Waals surface area contributed by atoms with Crippen LogP contribution in [0.3, 0.4) is 0 Å². The molecular formula is C23H30N4O3. The van der Waals surface area contributed by atoms with Crippen LogP contribution in [0.5, 0.6) is 0 Å². The molecule has 1 spiro atoms. The summed E-state index contributed by atoms with van der Waals surface area (Å²) in [7, 11) is 0. The molecule has 0 N–H and O–H groups in total. The van der Waals surface area contributed by atoms with Crippen LogP contribution in [-0.2, 0) is 30.9 Å². The Bertz CT molecular complexity index is 1040. The first kappa shape index (κ1) is 19.7. The Morgan fingerprint density at radius 3 is 2.53 bits per heavy atom. The third-order valence-corrected chi connectivity index (χ3v) is 7.03. The highest BCUT2D eigenvalue weighted by atomic mass is 16.5. The molecule has 30 heavy (non-hydrogen) atoms. The summed E-state index contributed by atoms with van der Waals surface area (Å²) < 4.78 is 9.30. The highest BCUT2D eigenvalue weighted by molar-refractivity contribution is 5.22. The molecule has 1 saturated carbocycles. The Morgan fingerprint density at radius 1 is 1.07 bits per heavy atom. The molecule has 7 nitrogen and oxygen atoms in total. The van der Waals surface area contributed by atoms with Crippen molar-refractivity contribution < 1.29 is 4.74 Å². The van der Waals surface area contributed by atoms with Crippen molar-refractivity contribution in [3.05, 3.63) is 61.9 Å². The van der Waals surface area contributed by atoms with Gasteiger partial charge in [-0.2, -0.15) is 5.10 Å². The summed E-state index contributed by atoms with van der Waals surface area (Å²) in [5, 5.41) is 4.54. The van der Waals surface area contributed by atoms with Crippen LogP contribution < -0.4 is 11.1 Å². The number of aromatic nitrogens is 3. The minimum Gasteiger partial charge on any atom is -0.364 e. The second kappa shape index (κ2) is 7.78. The Balaban J connectivity index is 1.33. The maximum atomic E-state index is 12.9. The molecule has 0 amide bonds. The minimum atomic E-state index is -0.478. The van der Waals surface area contributed by atoms with E-state index in [-0.39, 0.29) is 6.04 Å². The average Bonchev–Trinajstić information content (AvgIpc) is 3.43. The summed E-state index contributed by atoms with van der Waals surface area (Å²) in [5.74, 6) is 0.589. The van der Waals surface area contributed by atoms with E-state index in [0.717, 1.165) is 58.2 Å². The van der Waals surface area contributed by atoms with Gasteiger partial charge in [-0.1, -0.05) is 44.0 Å². The maximum absolute atomic E-state index is 12.9. The van der Waals surface area contributed by atoms with Gasteiger partial charge in [0.1, 0.15) is 12.2 Å². The summed E-state index contributed by atoms with van der Waals surface area (Å²) in [6.45, 7) is 5.43. The number of nitrogens with zero attached hydrogens (tertiary/aromatic N) is 4. The molecule has 0 radical (unpaired) electrons. The van der Waals surface area contributed by atoms with Crippen molar-refractivity contribution >= 4 is 0 Å². The van der Waals surface area contributed by atoms with Gasteiger partial charge in [0.2, 0.25) is 0 Å². The quantitative estimate of drug-likeness (QED) is 0.723. The van der Waals surface area contributed by atoms with Crippen molar-refractivity contribution in [2.45, 2.75) is 76.8 Å². The Kier molecular flexibility index (Phi) is 5.11. The highest BCUT2D eigenvalue weighted by Gasteiger charge is 2.43. The molecule has 1 aromatic heterocycles. The molecule has 0 bridgehead atoms. The highest BCUT2D eigenvalue weighted by Crippen LogP contribution is 2.32. The van der Waals surface area contributed by atoms with Gasteiger partial charge in [0.15, 0.2) is 5.82 Å². The van der Waals surface area contributed by atoms with E-state index < -0.39 is 16.7 Å². The molecule has 1 atom stereocenters. The second-order valence-corrected chi connectivity index (χ2v) is 9.10. The van der Waals surface area contributed by atoms with Crippen molar-refractivity contribution in [1.82, 2.24) is 19.2 Å². The van der Waals surface area contributed by atoms with E-state index in [1.807, 2.05) is 0 Å². The fraction of sp³-hybridized carbons (Fsp3) is 0.609. The van der Waals surface area contributed by atoms with Crippen molar-refractivity contribution in [3.63, 3.8) is 0 Å². The van der Waals surface area contributed by atoms with Gasteiger partial charge in [-0.3, -0.25) is 19.1 Å².